The minimum Gasteiger partial charge on any atom is -0.497 e. The third-order valence-electron chi connectivity index (χ3n) is 3.31. The number of nitrogens with zero attached hydrogens (tertiary/aromatic N) is 2. The lowest BCUT2D eigenvalue weighted by atomic mass is 10.2. The van der Waals surface area contributed by atoms with Crippen molar-refractivity contribution in [2.24, 2.45) is 0 Å². The molecule has 3 aromatic rings. The Labute approximate surface area is 126 Å². The van der Waals surface area contributed by atoms with Crippen molar-refractivity contribution in [2.75, 3.05) is 7.11 Å². The number of imidazole rings is 1. The molecule has 0 aliphatic heterocycles. The molecule has 0 aliphatic rings. The second kappa shape index (κ2) is 5.38. The number of nitrogens with one attached hydrogen (secondary N) is 1. The zero-order valence-electron chi connectivity index (χ0n) is 11.3. The van der Waals surface area contributed by atoms with Crippen LogP contribution in [0.1, 0.15) is 17.8 Å². The maximum atomic E-state index is 5.43. The van der Waals surface area contributed by atoms with E-state index in [2.05, 4.69) is 21.5 Å². The molecule has 0 spiro atoms. The standard InChI is InChI=1S/C14H15N3OS2/c1-9(13-15-5-6-20-13)8-17-12-7-10(18-2)3-4-11(12)16-14(17)19/h3-7,9H,8H2,1-2H3,(H,16,19). The van der Waals surface area contributed by atoms with Crippen molar-refractivity contribution < 1.29 is 4.74 Å². The third-order valence-corrected chi connectivity index (χ3v) is 4.64. The van der Waals surface area contributed by atoms with Gasteiger partial charge in [-0.3, -0.25) is 0 Å². The zero-order chi connectivity index (χ0) is 14.1. The van der Waals surface area contributed by atoms with E-state index < -0.39 is 0 Å². The zero-order valence-corrected chi connectivity index (χ0v) is 12.9. The highest BCUT2D eigenvalue weighted by Crippen LogP contribution is 2.25. The first-order chi connectivity index (χ1) is 9.69. The van der Waals surface area contributed by atoms with Gasteiger partial charge in [0.05, 0.1) is 23.2 Å². The van der Waals surface area contributed by atoms with Crippen molar-refractivity contribution in [3.8, 4) is 5.75 Å². The van der Waals surface area contributed by atoms with Crippen LogP contribution in [0.4, 0.5) is 0 Å². The summed E-state index contributed by atoms with van der Waals surface area (Å²) in [6.45, 7) is 2.97. The molecule has 4 nitrogen and oxygen atoms in total. The van der Waals surface area contributed by atoms with Gasteiger partial charge in [-0.25, -0.2) is 4.98 Å². The van der Waals surface area contributed by atoms with Gasteiger partial charge in [-0.2, -0.15) is 0 Å². The molecule has 2 aromatic heterocycles. The summed E-state index contributed by atoms with van der Waals surface area (Å²) in [4.78, 5) is 7.61. The Morgan fingerprint density at radius 2 is 2.35 bits per heavy atom. The van der Waals surface area contributed by atoms with Gasteiger partial charge in [0.2, 0.25) is 0 Å². The van der Waals surface area contributed by atoms with Gasteiger partial charge in [-0.05, 0) is 24.4 Å². The molecular weight excluding hydrogens is 290 g/mol. The van der Waals surface area contributed by atoms with Gasteiger partial charge < -0.3 is 14.3 Å². The summed E-state index contributed by atoms with van der Waals surface area (Å²) in [5.74, 6) is 1.16. The summed E-state index contributed by atoms with van der Waals surface area (Å²) in [6.07, 6.45) is 1.84. The Hall–Kier alpha value is -1.66. The van der Waals surface area contributed by atoms with Crippen LogP contribution in [0.25, 0.3) is 11.0 Å². The summed E-state index contributed by atoms with van der Waals surface area (Å²) in [7, 11) is 1.67. The lowest BCUT2D eigenvalue weighted by molar-refractivity contribution is 0.415. The lowest BCUT2D eigenvalue weighted by Gasteiger charge is -2.10. The molecule has 0 radical (unpaired) electrons. The number of aromatic nitrogens is 3. The average molecular weight is 305 g/mol. The Morgan fingerprint density at radius 1 is 1.50 bits per heavy atom. The number of aromatic amines is 1. The summed E-state index contributed by atoms with van der Waals surface area (Å²) < 4.78 is 8.14. The molecule has 0 saturated heterocycles. The number of rotatable bonds is 4. The maximum absolute atomic E-state index is 5.43. The van der Waals surface area contributed by atoms with Crippen molar-refractivity contribution in [1.29, 1.82) is 0 Å². The SMILES string of the molecule is COc1ccc2[nH]c(=S)n(CC(C)c3nccs3)c2c1. The monoisotopic (exact) mass is 305 g/mol. The van der Waals surface area contributed by atoms with E-state index in [0.717, 1.165) is 33.1 Å². The number of ether oxygens (including phenoxy) is 1. The van der Waals surface area contributed by atoms with E-state index in [1.54, 1.807) is 18.4 Å². The number of methoxy groups -OCH3 is 1. The second-order valence-electron chi connectivity index (χ2n) is 4.70. The summed E-state index contributed by atoms with van der Waals surface area (Å²) in [5, 5.41) is 3.13. The first kappa shape index (κ1) is 13.3. The molecular formula is C14H15N3OS2. The highest BCUT2D eigenvalue weighted by molar-refractivity contribution is 7.71. The predicted molar refractivity (Wildman–Crippen MR) is 84.2 cm³/mol. The van der Waals surface area contributed by atoms with E-state index >= 15 is 0 Å². The van der Waals surface area contributed by atoms with Crippen LogP contribution >= 0.6 is 23.6 Å². The Balaban J connectivity index is 2.02. The van der Waals surface area contributed by atoms with Crippen molar-refractivity contribution in [1.82, 2.24) is 14.5 Å². The third kappa shape index (κ3) is 2.36. The molecule has 0 fully saturated rings. The number of hydrogen-bond acceptors (Lipinski definition) is 4. The Morgan fingerprint density at radius 3 is 3.05 bits per heavy atom. The fourth-order valence-electron chi connectivity index (χ4n) is 2.27. The van der Waals surface area contributed by atoms with E-state index in [9.17, 15) is 0 Å². The molecule has 20 heavy (non-hydrogen) atoms. The van der Waals surface area contributed by atoms with Crippen LogP contribution < -0.4 is 4.74 Å². The smallest absolute Gasteiger partial charge is 0.178 e. The second-order valence-corrected chi connectivity index (χ2v) is 6.01. The van der Waals surface area contributed by atoms with Crippen molar-refractivity contribution in [3.63, 3.8) is 0 Å². The number of hydrogen-bond donors (Lipinski definition) is 1. The van der Waals surface area contributed by atoms with Gasteiger partial charge in [-0.15, -0.1) is 11.3 Å². The van der Waals surface area contributed by atoms with Crippen LogP contribution in [0.15, 0.2) is 29.8 Å². The molecule has 104 valence electrons. The van der Waals surface area contributed by atoms with Gasteiger partial charge in [-0.1, -0.05) is 6.92 Å². The molecule has 2 heterocycles. The van der Waals surface area contributed by atoms with Gasteiger partial charge in [0.25, 0.3) is 0 Å². The van der Waals surface area contributed by atoms with Crippen molar-refractivity contribution >= 4 is 34.6 Å². The fourth-order valence-corrected chi connectivity index (χ4v) is 3.24. The fraction of sp³-hybridized carbons (Fsp3) is 0.286. The highest BCUT2D eigenvalue weighted by atomic mass is 32.1. The first-order valence-electron chi connectivity index (χ1n) is 6.35. The number of thiazole rings is 1. The van der Waals surface area contributed by atoms with E-state index in [-0.39, 0.29) is 0 Å². The summed E-state index contributed by atoms with van der Waals surface area (Å²) >= 11 is 7.11. The molecule has 1 atom stereocenters. The van der Waals surface area contributed by atoms with E-state index in [1.807, 2.05) is 29.8 Å². The van der Waals surface area contributed by atoms with E-state index in [1.165, 1.54) is 0 Å². The normalized spacial score (nSPS) is 12.7. The minimum absolute atomic E-state index is 0.326. The molecule has 0 aliphatic carbocycles. The number of benzene rings is 1. The molecule has 1 unspecified atom stereocenters. The van der Waals surface area contributed by atoms with Gasteiger partial charge in [0.15, 0.2) is 4.77 Å². The molecule has 1 aromatic carbocycles. The minimum atomic E-state index is 0.326. The van der Waals surface area contributed by atoms with E-state index in [4.69, 9.17) is 17.0 Å². The maximum Gasteiger partial charge on any atom is 0.178 e. The molecule has 6 heteroatoms. The lowest BCUT2D eigenvalue weighted by Crippen LogP contribution is -2.06. The topological polar surface area (TPSA) is 42.8 Å². The quantitative estimate of drug-likeness (QED) is 0.742. The average Bonchev–Trinajstić information content (AvgIpc) is 3.07. The predicted octanol–water partition coefficient (Wildman–Crippen LogP) is 3.97. The largest absolute Gasteiger partial charge is 0.497 e. The van der Waals surface area contributed by atoms with Crippen LogP contribution in [0.2, 0.25) is 0 Å². The van der Waals surface area contributed by atoms with Crippen LogP contribution in [0.5, 0.6) is 5.75 Å². The molecule has 1 N–H and O–H groups in total. The molecule has 0 saturated carbocycles. The van der Waals surface area contributed by atoms with Crippen LogP contribution in [-0.2, 0) is 6.54 Å². The Kier molecular flexibility index (Phi) is 3.58. The first-order valence-corrected chi connectivity index (χ1v) is 7.64. The molecule has 3 rings (SSSR count). The summed E-state index contributed by atoms with van der Waals surface area (Å²) in [6, 6.07) is 5.94. The number of H-pyrrole nitrogens is 1. The van der Waals surface area contributed by atoms with Crippen LogP contribution in [0.3, 0.4) is 0 Å². The van der Waals surface area contributed by atoms with Gasteiger partial charge in [0.1, 0.15) is 5.75 Å². The van der Waals surface area contributed by atoms with Crippen molar-refractivity contribution in [3.05, 3.63) is 39.6 Å². The van der Waals surface area contributed by atoms with Crippen LogP contribution in [-0.4, -0.2) is 21.6 Å². The number of fused-ring (bicyclic) bond motifs is 1. The Bertz CT molecular complexity index is 773. The highest BCUT2D eigenvalue weighted by Gasteiger charge is 2.12. The van der Waals surface area contributed by atoms with Gasteiger partial charge in [0, 0.05) is 30.1 Å². The van der Waals surface area contributed by atoms with Crippen LogP contribution in [0, 0.1) is 4.77 Å². The molecule has 0 bridgehead atoms. The van der Waals surface area contributed by atoms with Crippen molar-refractivity contribution in [2.45, 2.75) is 19.4 Å². The van der Waals surface area contributed by atoms with Gasteiger partial charge >= 0.3 is 0 Å². The van der Waals surface area contributed by atoms with E-state index in [0.29, 0.717) is 5.92 Å². The summed E-state index contributed by atoms with van der Waals surface area (Å²) in [5.41, 5.74) is 2.10. The molecule has 0 amide bonds.